The molecule has 2 atom stereocenters. The molecule has 3 aliphatic rings. The molecule has 2 amide bonds. The Bertz CT molecular complexity index is 955. The Balaban J connectivity index is 1.45. The Morgan fingerprint density at radius 1 is 1.23 bits per heavy atom. The minimum absolute atomic E-state index is 0.0136. The van der Waals surface area contributed by atoms with Crippen molar-refractivity contribution in [3.05, 3.63) is 29.8 Å². The molecule has 30 heavy (non-hydrogen) atoms. The van der Waals surface area contributed by atoms with Gasteiger partial charge in [-0.2, -0.15) is 0 Å². The molecule has 3 heterocycles. The third-order valence-corrected chi connectivity index (χ3v) is 8.47. The van der Waals surface area contributed by atoms with E-state index < -0.39 is 10.0 Å². The second kappa shape index (κ2) is 7.53. The summed E-state index contributed by atoms with van der Waals surface area (Å²) in [4.78, 5) is 29.4. The SMILES string of the molecule is COc1cccc(CC(=O)N2CCC3(CC2)[C@@H]2CN(S(C)(=O)=O)C[C@@H]2C(=O)N3C)c1. The van der Waals surface area contributed by atoms with E-state index in [1.807, 2.05) is 41.1 Å². The lowest BCUT2D eigenvalue weighted by Gasteiger charge is -2.46. The summed E-state index contributed by atoms with van der Waals surface area (Å²) in [6.45, 7) is 1.80. The molecule has 9 heteroatoms. The van der Waals surface area contributed by atoms with E-state index in [1.165, 1.54) is 10.6 Å². The maximum atomic E-state index is 12.9. The molecular weight excluding hydrogens is 406 g/mol. The van der Waals surface area contributed by atoms with Crippen molar-refractivity contribution in [2.45, 2.75) is 24.8 Å². The van der Waals surface area contributed by atoms with Crippen LogP contribution in [0.5, 0.6) is 5.75 Å². The van der Waals surface area contributed by atoms with Crippen LogP contribution in [0.2, 0.25) is 0 Å². The highest BCUT2D eigenvalue weighted by Gasteiger charge is 2.61. The molecule has 4 rings (SSSR count). The van der Waals surface area contributed by atoms with Gasteiger partial charge >= 0.3 is 0 Å². The molecule has 0 aliphatic carbocycles. The van der Waals surface area contributed by atoms with Crippen molar-refractivity contribution in [1.29, 1.82) is 0 Å². The van der Waals surface area contributed by atoms with Crippen LogP contribution in [-0.2, 0) is 26.0 Å². The Morgan fingerprint density at radius 2 is 1.93 bits per heavy atom. The summed E-state index contributed by atoms with van der Waals surface area (Å²) in [5.41, 5.74) is 0.543. The molecule has 164 valence electrons. The predicted octanol–water partition coefficient (Wildman–Crippen LogP) is 0.579. The van der Waals surface area contributed by atoms with Crippen molar-refractivity contribution in [3.8, 4) is 5.75 Å². The number of likely N-dealkylation sites (tertiary alicyclic amines) is 2. The fourth-order valence-corrected chi connectivity index (χ4v) is 6.33. The summed E-state index contributed by atoms with van der Waals surface area (Å²) < 4.78 is 30.7. The van der Waals surface area contributed by atoms with Crippen LogP contribution in [0.4, 0.5) is 0 Å². The smallest absolute Gasteiger partial charge is 0.227 e. The minimum atomic E-state index is -3.32. The zero-order chi connectivity index (χ0) is 21.7. The van der Waals surface area contributed by atoms with E-state index in [2.05, 4.69) is 0 Å². The first-order valence-corrected chi connectivity index (χ1v) is 12.1. The predicted molar refractivity (Wildman–Crippen MR) is 111 cm³/mol. The normalized spacial score (nSPS) is 26.3. The number of ether oxygens (including phenoxy) is 1. The Kier molecular flexibility index (Phi) is 5.30. The van der Waals surface area contributed by atoms with Crippen molar-refractivity contribution in [1.82, 2.24) is 14.1 Å². The third kappa shape index (κ3) is 3.47. The number of rotatable bonds is 4. The summed E-state index contributed by atoms with van der Waals surface area (Å²) in [6.07, 6.45) is 2.87. The summed E-state index contributed by atoms with van der Waals surface area (Å²) in [5.74, 6) is 0.531. The van der Waals surface area contributed by atoms with E-state index in [0.29, 0.717) is 38.9 Å². The van der Waals surface area contributed by atoms with Gasteiger partial charge in [0.05, 0.1) is 31.2 Å². The zero-order valence-electron chi connectivity index (χ0n) is 17.7. The third-order valence-electron chi connectivity index (χ3n) is 7.23. The van der Waals surface area contributed by atoms with Crippen LogP contribution in [-0.4, -0.2) is 86.5 Å². The molecule has 0 radical (unpaired) electrons. The van der Waals surface area contributed by atoms with Crippen LogP contribution in [0.3, 0.4) is 0 Å². The molecular formula is C21H29N3O5S. The number of carbonyl (C=O) groups excluding carboxylic acids is 2. The van der Waals surface area contributed by atoms with E-state index in [9.17, 15) is 18.0 Å². The molecule has 1 spiro atoms. The van der Waals surface area contributed by atoms with Crippen molar-refractivity contribution < 1.29 is 22.7 Å². The first-order chi connectivity index (χ1) is 14.2. The number of piperidine rings is 1. The fraction of sp³-hybridized carbons (Fsp3) is 0.619. The van der Waals surface area contributed by atoms with Crippen LogP contribution in [0.15, 0.2) is 24.3 Å². The van der Waals surface area contributed by atoms with Gasteiger partial charge in [0.25, 0.3) is 0 Å². The van der Waals surface area contributed by atoms with Crippen molar-refractivity contribution >= 4 is 21.8 Å². The highest BCUT2D eigenvalue weighted by atomic mass is 32.2. The average molecular weight is 436 g/mol. The number of hydrogen-bond donors (Lipinski definition) is 0. The summed E-state index contributed by atoms with van der Waals surface area (Å²) >= 11 is 0. The van der Waals surface area contributed by atoms with Gasteiger partial charge in [-0.1, -0.05) is 12.1 Å². The molecule has 3 fully saturated rings. The molecule has 1 aromatic carbocycles. The molecule has 0 N–H and O–H groups in total. The largest absolute Gasteiger partial charge is 0.497 e. The van der Waals surface area contributed by atoms with E-state index >= 15 is 0 Å². The van der Waals surface area contributed by atoms with Crippen LogP contribution < -0.4 is 4.74 Å². The molecule has 3 saturated heterocycles. The van der Waals surface area contributed by atoms with E-state index in [-0.39, 0.29) is 35.7 Å². The Morgan fingerprint density at radius 3 is 2.57 bits per heavy atom. The molecule has 0 bridgehead atoms. The van der Waals surface area contributed by atoms with Gasteiger partial charge in [0.1, 0.15) is 5.75 Å². The van der Waals surface area contributed by atoms with Gasteiger partial charge in [0, 0.05) is 39.1 Å². The highest BCUT2D eigenvalue weighted by Crippen LogP contribution is 2.49. The van der Waals surface area contributed by atoms with Gasteiger partial charge in [-0.15, -0.1) is 0 Å². The molecule has 0 aromatic heterocycles. The molecule has 0 unspecified atom stereocenters. The summed E-state index contributed by atoms with van der Waals surface area (Å²) in [7, 11) is 0.118. The van der Waals surface area contributed by atoms with Crippen molar-refractivity contribution in [3.63, 3.8) is 0 Å². The lowest BCUT2D eigenvalue weighted by Crippen LogP contribution is -2.57. The first-order valence-electron chi connectivity index (χ1n) is 10.3. The van der Waals surface area contributed by atoms with Gasteiger partial charge in [-0.25, -0.2) is 12.7 Å². The molecule has 0 saturated carbocycles. The maximum absolute atomic E-state index is 12.9. The lowest BCUT2D eigenvalue weighted by atomic mass is 9.75. The van der Waals surface area contributed by atoms with E-state index in [1.54, 1.807) is 7.11 Å². The summed E-state index contributed by atoms with van der Waals surface area (Å²) in [6, 6.07) is 7.51. The van der Waals surface area contributed by atoms with Gasteiger partial charge in [-0.3, -0.25) is 9.59 Å². The average Bonchev–Trinajstić information content (AvgIpc) is 3.25. The number of hydrogen-bond acceptors (Lipinski definition) is 5. The quantitative estimate of drug-likeness (QED) is 0.691. The number of benzene rings is 1. The van der Waals surface area contributed by atoms with Crippen molar-refractivity contribution in [2.75, 3.05) is 46.6 Å². The second-order valence-electron chi connectivity index (χ2n) is 8.70. The van der Waals surface area contributed by atoms with Crippen LogP contribution in [0, 0.1) is 11.8 Å². The fourth-order valence-electron chi connectivity index (χ4n) is 5.47. The highest BCUT2D eigenvalue weighted by molar-refractivity contribution is 7.88. The van der Waals surface area contributed by atoms with E-state index in [0.717, 1.165) is 11.3 Å². The number of methoxy groups -OCH3 is 1. The number of amides is 2. The Labute approximate surface area is 177 Å². The van der Waals surface area contributed by atoms with Gasteiger partial charge in [-0.05, 0) is 30.5 Å². The topological polar surface area (TPSA) is 87.2 Å². The minimum Gasteiger partial charge on any atom is -0.497 e. The molecule has 1 aromatic rings. The van der Waals surface area contributed by atoms with Crippen molar-refractivity contribution in [2.24, 2.45) is 11.8 Å². The van der Waals surface area contributed by atoms with Crippen LogP contribution in [0.25, 0.3) is 0 Å². The number of carbonyl (C=O) groups is 2. The number of nitrogens with zero attached hydrogens (tertiary/aromatic N) is 3. The van der Waals surface area contributed by atoms with Gasteiger partial charge in [0.15, 0.2) is 0 Å². The van der Waals surface area contributed by atoms with Gasteiger partial charge < -0.3 is 14.5 Å². The molecule has 8 nitrogen and oxygen atoms in total. The van der Waals surface area contributed by atoms with Gasteiger partial charge in [0.2, 0.25) is 21.8 Å². The zero-order valence-corrected chi connectivity index (χ0v) is 18.5. The summed E-state index contributed by atoms with van der Waals surface area (Å²) in [5, 5.41) is 0. The van der Waals surface area contributed by atoms with Crippen LogP contribution in [0.1, 0.15) is 18.4 Å². The first kappa shape index (κ1) is 21.1. The van der Waals surface area contributed by atoms with E-state index in [4.69, 9.17) is 4.74 Å². The number of fused-ring (bicyclic) bond motifs is 2. The second-order valence-corrected chi connectivity index (χ2v) is 10.7. The lowest BCUT2D eigenvalue weighted by molar-refractivity contribution is -0.136. The maximum Gasteiger partial charge on any atom is 0.227 e. The monoisotopic (exact) mass is 435 g/mol. The number of sulfonamides is 1. The van der Waals surface area contributed by atoms with Crippen LogP contribution >= 0.6 is 0 Å². The molecule has 3 aliphatic heterocycles. The standard InChI is InChI=1S/C21H29N3O5S/c1-22-20(26)17-13-24(30(3,27)28)14-18(17)21(22)7-9-23(10-8-21)19(25)12-15-5-4-6-16(11-15)29-2/h4-6,11,17-18H,7-10,12-14H2,1-3H3/t17-,18+/m0/s1. The Hall–Kier alpha value is -2.13.